The van der Waals surface area contributed by atoms with E-state index in [0.29, 0.717) is 17.3 Å². The van der Waals surface area contributed by atoms with Crippen LogP contribution in [0.15, 0.2) is 18.2 Å². The molecule has 0 amide bonds. The summed E-state index contributed by atoms with van der Waals surface area (Å²) in [7, 11) is 0. The van der Waals surface area contributed by atoms with Gasteiger partial charge in [0.2, 0.25) is 0 Å². The molecule has 0 radical (unpaired) electrons. The fraction of sp³-hybridized carbons (Fsp3) is 0.571. The Kier molecular flexibility index (Phi) is 3.59. The summed E-state index contributed by atoms with van der Waals surface area (Å²) in [5.41, 5.74) is 0.221. The molecule has 3 nitrogen and oxygen atoms in total. The van der Waals surface area contributed by atoms with Gasteiger partial charge in [0, 0.05) is 25.7 Å². The van der Waals surface area contributed by atoms with Gasteiger partial charge in [-0.3, -0.25) is 0 Å². The van der Waals surface area contributed by atoms with E-state index in [-0.39, 0.29) is 5.82 Å². The SMILES string of the molecule is C[C@H]1CN(c2ccc(C(C)(C)O)cc2F)CCN1. The molecule has 18 heavy (non-hydrogen) atoms. The molecule has 0 bridgehead atoms. The van der Waals surface area contributed by atoms with Crippen molar-refractivity contribution in [3.8, 4) is 0 Å². The van der Waals surface area contributed by atoms with Crippen LogP contribution in [0.3, 0.4) is 0 Å². The summed E-state index contributed by atoms with van der Waals surface area (Å²) in [4.78, 5) is 2.05. The van der Waals surface area contributed by atoms with Crippen molar-refractivity contribution in [2.24, 2.45) is 0 Å². The Morgan fingerprint density at radius 2 is 2.17 bits per heavy atom. The number of anilines is 1. The van der Waals surface area contributed by atoms with Gasteiger partial charge in [-0.2, -0.15) is 0 Å². The van der Waals surface area contributed by atoms with Crippen LogP contribution in [-0.4, -0.2) is 30.8 Å². The smallest absolute Gasteiger partial charge is 0.146 e. The van der Waals surface area contributed by atoms with Crippen molar-refractivity contribution in [1.82, 2.24) is 5.32 Å². The molecule has 1 aromatic rings. The van der Waals surface area contributed by atoms with Gasteiger partial charge >= 0.3 is 0 Å². The van der Waals surface area contributed by atoms with Gasteiger partial charge in [-0.15, -0.1) is 0 Å². The minimum Gasteiger partial charge on any atom is -0.386 e. The lowest BCUT2D eigenvalue weighted by atomic mass is 9.98. The summed E-state index contributed by atoms with van der Waals surface area (Å²) < 4.78 is 14.1. The van der Waals surface area contributed by atoms with Crippen LogP contribution in [-0.2, 0) is 5.60 Å². The van der Waals surface area contributed by atoms with E-state index in [4.69, 9.17) is 0 Å². The third-order valence-corrected chi connectivity index (χ3v) is 3.36. The van der Waals surface area contributed by atoms with Gasteiger partial charge in [-0.1, -0.05) is 6.07 Å². The number of aliphatic hydroxyl groups is 1. The fourth-order valence-corrected chi connectivity index (χ4v) is 2.30. The summed E-state index contributed by atoms with van der Waals surface area (Å²) in [5, 5.41) is 13.2. The first-order chi connectivity index (χ1) is 8.38. The fourth-order valence-electron chi connectivity index (χ4n) is 2.30. The molecule has 1 fully saturated rings. The van der Waals surface area contributed by atoms with Crippen LogP contribution in [0.25, 0.3) is 0 Å². The number of rotatable bonds is 2. The molecule has 0 aromatic heterocycles. The van der Waals surface area contributed by atoms with Crippen LogP contribution in [0.5, 0.6) is 0 Å². The van der Waals surface area contributed by atoms with Gasteiger partial charge in [0.05, 0.1) is 11.3 Å². The third-order valence-electron chi connectivity index (χ3n) is 3.36. The molecule has 2 N–H and O–H groups in total. The van der Waals surface area contributed by atoms with E-state index < -0.39 is 5.60 Å². The molecule has 1 aliphatic heterocycles. The molecule has 0 spiro atoms. The summed E-state index contributed by atoms with van der Waals surface area (Å²) in [6.45, 7) is 7.90. The zero-order valence-corrected chi connectivity index (χ0v) is 11.2. The number of hydrogen-bond donors (Lipinski definition) is 2. The first kappa shape index (κ1) is 13.3. The first-order valence-electron chi connectivity index (χ1n) is 6.38. The lowest BCUT2D eigenvalue weighted by molar-refractivity contribution is 0.0782. The van der Waals surface area contributed by atoms with Crippen LogP contribution in [0.2, 0.25) is 0 Å². The van der Waals surface area contributed by atoms with E-state index in [1.54, 1.807) is 26.0 Å². The lowest BCUT2D eigenvalue weighted by Gasteiger charge is -2.34. The molecule has 4 heteroatoms. The number of nitrogens with one attached hydrogen (secondary N) is 1. The third kappa shape index (κ3) is 2.82. The molecule has 2 rings (SSSR count). The van der Waals surface area contributed by atoms with E-state index in [0.717, 1.165) is 19.6 Å². The Morgan fingerprint density at radius 3 is 2.72 bits per heavy atom. The van der Waals surface area contributed by atoms with Crippen molar-refractivity contribution in [1.29, 1.82) is 0 Å². The summed E-state index contributed by atoms with van der Waals surface area (Å²) >= 11 is 0. The van der Waals surface area contributed by atoms with Crippen molar-refractivity contribution in [3.63, 3.8) is 0 Å². The molecule has 0 saturated carbocycles. The van der Waals surface area contributed by atoms with Crippen LogP contribution in [0, 0.1) is 5.82 Å². The number of hydrogen-bond acceptors (Lipinski definition) is 3. The Hall–Kier alpha value is -1.13. The van der Waals surface area contributed by atoms with Crippen molar-refractivity contribution < 1.29 is 9.50 Å². The van der Waals surface area contributed by atoms with Gasteiger partial charge in [0.15, 0.2) is 0 Å². The average Bonchev–Trinajstić information content (AvgIpc) is 2.27. The number of piperazine rings is 1. The summed E-state index contributed by atoms with van der Waals surface area (Å²) in [6.07, 6.45) is 0. The van der Waals surface area contributed by atoms with E-state index in [1.165, 1.54) is 6.07 Å². The van der Waals surface area contributed by atoms with Crippen molar-refractivity contribution in [2.45, 2.75) is 32.4 Å². The average molecular weight is 252 g/mol. The van der Waals surface area contributed by atoms with Crippen LogP contribution >= 0.6 is 0 Å². The largest absolute Gasteiger partial charge is 0.386 e. The van der Waals surface area contributed by atoms with E-state index >= 15 is 0 Å². The molecular weight excluding hydrogens is 231 g/mol. The Morgan fingerprint density at radius 1 is 1.44 bits per heavy atom. The standard InChI is InChI=1S/C14H21FN2O/c1-10-9-17(7-6-16-10)13-5-4-11(8-12(13)15)14(2,3)18/h4-5,8,10,16,18H,6-7,9H2,1-3H3/t10-/m0/s1. The maximum absolute atomic E-state index is 14.1. The normalized spacial score (nSPS) is 21.2. The van der Waals surface area contributed by atoms with Crippen LogP contribution < -0.4 is 10.2 Å². The van der Waals surface area contributed by atoms with Crippen LogP contribution in [0.1, 0.15) is 26.3 Å². The molecule has 1 aromatic carbocycles. The number of benzene rings is 1. The zero-order valence-electron chi connectivity index (χ0n) is 11.2. The minimum atomic E-state index is -1.00. The highest BCUT2D eigenvalue weighted by atomic mass is 19.1. The van der Waals surface area contributed by atoms with E-state index in [2.05, 4.69) is 12.2 Å². The molecule has 0 aliphatic carbocycles. The maximum atomic E-state index is 14.1. The second-order valence-electron chi connectivity index (χ2n) is 5.53. The molecular formula is C14H21FN2O. The van der Waals surface area contributed by atoms with E-state index in [9.17, 15) is 9.50 Å². The minimum absolute atomic E-state index is 0.260. The van der Waals surface area contributed by atoms with Gasteiger partial charge in [-0.05, 0) is 38.5 Å². The Balaban J connectivity index is 2.24. The quantitative estimate of drug-likeness (QED) is 0.843. The molecule has 1 heterocycles. The topological polar surface area (TPSA) is 35.5 Å². The highest BCUT2D eigenvalue weighted by Crippen LogP contribution is 2.26. The molecule has 0 unspecified atom stereocenters. The first-order valence-corrected chi connectivity index (χ1v) is 6.38. The Bertz CT molecular complexity index is 428. The lowest BCUT2D eigenvalue weighted by Crippen LogP contribution is -2.49. The molecule has 1 atom stereocenters. The van der Waals surface area contributed by atoms with Crippen molar-refractivity contribution in [3.05, 3.63) is 29.6 Å². The molecule has 1 aliphatic rings. The van der Waals surface area contributed by atoms with Crippen molar-refractivity contribution >= 4 is 5.69 Å². The van der Waals surface area contributed by atoms with Gasteiger partial charge < -0.3 is 15.3 Å². The second-order valence-corrected chi connectivity index (χ2v) is 5.53. The maximum Gasteiger partial charge on any atom is 0.146 e. The predicted molar refractivity (Wildman–Crippen MR) is 71.3 cm³/mol. The predicted octanol–water partition coefficient (Wildman–Crippen LogP) is 1.85. The summed E-state index contributed by atoms with van der Waals surface area (Å²) in [5.74, 6) is -0.260. The second kappa shape index (κ2) is 4.86. The highest BCUT2D eigenvalue weighted by molar-refractivity contribution is 5.50. The molecule has 100 valence electrons. The van der Waals surface area contributed by atoms with Gasteiger partial charge in [-0.25, -0.2) is 4.39 Å². The van der Waals surface area contributed by atoms with Crippen LogP contribution in [0.4, 0.5) is 10.1 Å². The monoisotopic (exact) mass is 252 g/mol. The number of nitrogens with zero attached hydrogens (tertiary/aromatic N) is 1. The highest BCUT2D eigenvalue weighted by Gasteiger charge is 2.21. The molecule has 1 saturated heterocycles. The van der Waals surface area contributed by atoms with Gasteiger partial charge in [0.25, 0.3) is 0 Å². The number of halogens is 1. The summed E-state index contributed by atoms with van der Waals surface area (Å²) in [6, 6.07) is 5.36. The zero-order chi connectivity index (χ0) is 13.3. The van der Waals surface area contributed by atoms with Gasteiger partial charge in [0.1, 0.15) is 5.82 Å². The van der Waals surface area contributed by atoms with E-state index in [1.807, 2.05) is 4.90 Å². The Labute approximate surface area is 108 Å². The van der Waals surface area contributed by atoms with Crippen molar-refractivity contribution in [2.75, 3.05) is 24.5 Å².